The van der Waals surface area contributed by atoms with Crippen LogP contribution in [0.4, 0.5) is 5.69 Å². The fourth-order valence-corrected chi connectivity index (χ4v) is 2.40. The Morgan fingerprint density at radius 1 is 1.00 bits per heavy atom. The summed E-state index contributed by atoms with van der Waals surface area (Å²) < 4.78 is 0. The van der Waals surface area contributed by atoms with Gasteiger partial charge in [-0.25, -0.2) is 0 Å². The topological polar surface area (TPSA) is 32.3 Å². The molecule has 3 heteroatoms. The zero-order chi connectivity index (χ0) is 16.8. The number of hydrogen-bond donors (Lipinski definition) is 1. The highest BCUT2D eigenvalue weighted by atomic mass is 16.2. The molecule has 0 spiro atoms. The number of likely N-dealkylation sites (N-methyl/N-ethyl adjacent to an activating group) is 1. The van der Waals surface area contributed by atoms with Crippen molar-refractivity contribution in [1.29, 1.82) is 0 Å². The maximum absolute atomic E-state index is 12.3. The third-order valence-electron chi connectivity index (χ3n) is 4.16. The number of nitrogens with one attached hydrogen (secondary N) is 1. The minimum atomic E-state index is -0.194. The Kier molecular flexibility index (Phi) is 5.94. The Hall–Kier alpha value is -2.13. The normalized spacial score (nSPS) is 12.4. The molecule has 2 rings (SSSR count). The van der Waals surface area contributed by atoms with Gasteiger partial charge in [-0.3, -0.25) is 9.69 Å². The van der Waals surface area contributed by atoms with Gasteiger partial charge in [0, 0.05) is 12.2 Å². The Morgan fingerprint density at radius 3 is 2.17 bits per heavy atom. The smallest absolute Gasteiger partial charge is 0.241 e. The average Bonchev–Trinajstić information content (AvgIpc) is 2.55. The highest BCUT2D eigenvalue weighted by Crippen LogP contribution is 2.16. The summed E-state index contributed by atoms with van der Waals surface area (Å²) in [5.74, 6) is 0.551. The van der Waals surface area contributed by atoms with E-state index in [1.807, 2.05) is 44.3 Å². The molecule has 0 radical (unpaired) electrons. The highest BCUT2D eigenvalue weighted by Gasteiger charge is 2.18. The van der Waals surface area contributed by atoms with Crippen molar-refractivity contribution in [3.05, 3.63) is 65.7 Å². The quantitative estimate of drug-likeness (QED) is 0.864. The van der Waals surface area contributed by atoms with Gasteiger partial charge in [-0.15, -0.1) is 0 Å². The molecule has 0 saturated carbocycles. The second kappa shape index (κ2) is 7.93. The zero-order valence-corrected chi connectivity index (χ0v) is 14.4. The van der Waals surface area contributed by atoms with Crippen molar-refractivity contribution in [2.75, 3.05) is 12.4 Å². The van der Waals surface area contributed by atoms with Crippen molar-refractivity contribution in [3.8, 4) is 0 Å². The minimum Gasteiger partial charge on any atom is -0.325 e. The number of para-hydroxylation sites is 1. The van der Waals surface area contributed by atoms with Gasteiger partial charge in [0.25, 0.3) is 0 Å². The zero-order valence-electron chi connectivity index (χ0n) is 14.4. The number of carbonyl (C=O) groups excluding carboxylic acids is 1. The molecule has 0 aliphatic rings. The summed E-state index contributed by atoms with van der Waals surface area (Å²) in [7, 11) is 1.98. The van der Waals surface area contributed by atoms with E-state index in [9.17, 15) is 4.79 Å². The van der Waals surface area contributed by atoms with Crippen LogP contribution in [0.15, 0.2) is 54.6 Å². The lowest BCUT2D eigenvalue weighted by atomic mass is 10.0. The van der Waals surface area contributed by atoms with Gasteiger partial charge in [-0.1, -0.05) is 56.3 Å². The van der Waals surface area contributed by atoms with Gasteiger partial charge in [-0.2, -0.15) is 0 Å². The van der Waals surface area contributed by atoms with E-state index >= 15 is 0 Å². The van der Waals surface area contributed by atoms with Gasteiger partial charge in [0.2, 0.25) is 5.91 Å². The third kappa shape index (κ3) is 4.93. The largest absolute Gasteiger partial charge is 0.325 e. The highest BCUT2D eigenvalue weighted by molar-refractivity contribution is 5.94. The van der Waals surface area contributed by atoms with Gasteiger partial charge >= 0.3 is 0 Å². The van der Waals surface area contributed by atoms with Crippen LogP contribution in [0.1, 0.15) is 37.8 Å². The van der Waals surface area contributed by atoms with Gasteiger partial charge < -0.3 is 5.32 Å². The van der Waals surface area contributed by atoms with Gasteiger partial charge in [0.05, 0.1) is 6.04 Å². The number of benzene rings is 2. The van der Waals surface area contributed by atoms with Crippen LogP contribution in [0.3, 0.4) is 0 Å². The standard InChI is InChI=1S/C20H26N2O/c1-15(2)18-12-10-17(11-13-18)14-22(4)16(3)20(23)21-19-8-6-5-7-9-19/h5-13,15-16H,14H2,1-4H3,(H,21,23)/t16-/m1/s1. The minimum absolute atomic E-state index is 0.0116. The summed E-state index contributed by atoms with van der Waals surface area (Å²) in [5.41, 5.74) is 3.39. The van der Waals surface area contributed by atoms with Crippen molar-refractivity contribution in [3.63, 3.8) is 0 Å². The molecule has 2 aromatic rings. The number of anilines is 1. The molecule has 0 aromatic heterocycles. The second-order valence-electron chi connectivity index (χ2n) is 6.34. The molecule has 3 nitrogen and oxygen atoms in total. The maximum Gasteiger partial charge on any atom is 0.241 e. The van der Waals surface area contributed by atoms with E-state index in [1.165, 1.54) is 11.1 Å². The average molecular weight is 310 g/mol. The molecular formula is C20H26N2O. The van der Waals surface area contributed by atoms with Crippen LogP contribution in [0.25, 0.3) is 0 Å². The predicted octanol–water partition coefficient (Wildman–Crippen LogP) is 4.27. The van der Waals surface area contributed by atoms with Crippen molar-refractivity contribution >= 4 is 11.6 Å². The summed E-state index contributed by atoms with van der Waals surface area (Å²) in [6.45, 7) is 7.07. The van der Waals surface area contributed by atoms with Crippen LogP contribution >= 0.6 is 0 Å². The summed E-state index contributed by atoms with van der Waals surface area (Å²) in [6, 6.07) is 18.0. The second-order valence-corrected chi connectivity index (χ2v) is 6.34. The molecule has 0 fully saturated rings. The molecule has 0 unspecified atom stereocenters. The van der Waals surface area contributed by atoms with Crippen LogP contribution in [0.2, 0.25) is 0 Å². The lowest BCUT2D eigenvalue weighted by molar-refractivity contribution is -0.120. The summed E-state index contributed by atoms with van der Waals surface area (Å²) >= 11 is 0. The molecule has 2 aromatic carbocycles. The Morgan fingerprint density at radius 2 is 1.61 bits per heavy atom. The molecule has 0 aliphatic heterocycles. The molecule has 23 heavy (non-hydrogen) atoms. The third-order valence-corrected chi connectivity index (χ3v) is 4.16. The van der Waals surface area contributed by atoms with Crippen molar-refractivity contribution < 1.29 is 4.79 Å². The van der Waals surface area contributed by atoms with E-state index in [0.717, 1.165) is 12.2 Å². The van der Waals surface area contributed by atoms with E-state index < -0.39 is 0 Å². The summed E-state index contributed by atoms with van der Waals surface area (Å²) in [5, 5.41) is 2.95. The van der Waals surface area contributed by atoms with Gasteiger partial charge in [0.1, 0.15) is 0 Å². The lowest BCUT2D eigenvalue weighted by Crippen LogP contribution is -2.39. The molecule has 1 N–H and O–H groups in total. The fraction of sp³-hybridized carbons (Fsp3) is 0.350. The monoisotopic (exact) mass is 310 g/mol. The fourth-order valence-electron chi connectivity index (χ4n) is 2.40. The van der Waals surface area contributed by atoms with Crippen LogP contribution < -0.4 is 5.32 Å². The molecule has 0 aliphatic carbocycles. The SMILES string of the molecule is CC(C)c1ccc(CN(C)[C@H](C)C(=O)Nc2ccccc2)cc1. The van der Waals surface area contributed by atoms with Crippen LogP contribution in [-0.4, -0.2) is 23.9 Å². The first kappa shape index (κ1) is 17.2. The number of nitrogens with zero attached hydrogens (tertiary/aromatic N) is 1. The number of carbonyl (C=O) groups is 1. The predicted molar refractivity (Wildman–Crippen MR) is 96.5 cm³/mol. The number of rotatable bonds is 6. The van der Waals surface area contributed by atoms with E-state index in [-0.39, 0.29) is 11.9 Å². The van der Waals surface area contributed by atoms with E-state index in [0.29, 0.717) is 5.92 Å². The molecule has 122 valence electrons. The van der Waals surface area contributed by atoms with Crippen molar-refractivity contribution in [1.82, 2.24) is 4.90 Å². The van der Waals surface area contributed by atoms with Crippen molar-refractivity contribution in [2.24, 2.45) is 0 Å². The number of hydrogen-bond acceptors (Lipinski definition) is 2. The van der Waals surface area contributed by atoms with Crippen LogP contribution in [0.5, 0.6) is 0 Å². The molecule has 0 heterocycles. The van der Waals surface area contributed by atoms with Gasteiger partial charge in [-0.05, 0) is 43.1 Å². The van der Waals surface area contributed by atoms with Crippen molar-refractivity contribution in [2.45, 2.75) is 39.3 Å². The Balaban J connectivity index is 1.93. The molecule has 0 saturated heterocycles. The Labute approximate surface area is 139 Å². The van der Waals surface area contributed by atoms with Gasteiger partial charge in [0.15, 0.2) is 0 Å². The summed E-state index contributed by atoms with van der Waals surface area (Å²) in [6.07, 6.45) is 0. The van der Waals surface area contributed by atoms with Crippen LogP contribution in [0, 0.1) is 0 Å². The van der Waals surface area contributed by atoms with E-state index in [2.05, 4.69) is 48.3 Å². The summed E-state index contributed by atoms with van der Waals surface area (Å²) in [4.78, 5) is 14.4. The first-order valence-electron chi connectivity index (χ1n) is 8.12. The molecular weight excluding hydrogens is 284 g/mol. The molecule has 1 amide bonds. The molecule has 1 atom stereocenters. The maximum atomic E-state index is 12.3. The first-order valence-corrected chi connectivity index (χ1v) is 8.12. The Bertz CT molecular complexity index is 620. The first-order chi connectivity index (χ1) is 11.0. The van der Waals surface area contributed by atoms with E-state index in [4.69, 9.17) is 0 Å². The van der Waals surface area contributed by atoms with E-state index in [1.54, 1.807) is 0 Å². The lowest BCUT2D eigenvalue weighted by Gasteiger charge is -2.24. The molecule has 0 bridgehead atoms. The van der Waals surface area contributed by atoms with Crippen LogP contribution in [-0.2, 0) is 11.3 Å². The number of amides is 1.